The van der Waals surface area contributed by atoms with Crippen molar-refractivity contribution in [1.29, 1.82) is 0 Å². The lowest BCUT2D eigenvalue weighted by Crippen LogP contribution is -2.50. The minimum absolute atomic E-state index is 0.0397. The van der Waals surface area contributed by atoms with E-state index in [-0.39, 0.29) is 12.0 Å². The number of amides is 1. The van der Waals surface area contributed by atoms with Gasteiger partial charge in [-0.1, -0.05) is 25.2 Å². The number of carbonyl (C=O) groups excluding carboxylic acids is 1. The second-order valence-electron chi connectivity index (χ2n) is 7.50. The van der Waals surface area contributed by atoms with Gasteiger partial charge in [0.2, 0.25) is 5.75 Å². The fraction of sp³-hybridized carbons (Fsp3) is 0.522. The van der Waals surface area contributed by atoms with Crippen molar-refractivity contribution in [3.8, 4) is 17.2 Å². The summed E-state index contributed by atoms with van der Waals surface area (Å²) in [6, 6.07) is 3.41. The molecule has 2 atom stereocenters. The molecular weight excluding hydrogens is 384 g/mol. The monoisotopic (exact) mass is 416 g/mol. The average molecular weight is 417 g/mol. The predicted octanol–water partition coefficient (Wildman–Crippen LogP) is 2.97. The number of nitrogens with zero attached hydrogens (tertiary/aromatic N) is 2. The molecule has 1 aromatic carbocycles. The Balaban J connectivity index is 1.72. The van der Waals surface area contributed by atoms with E-state index in [1.54, 1.807) is 40.6 Å². The summed E-state index contributed by atoms with van der Waals surface area (Å²) in [5.41, 5.74) is 1.74. The number of ether oxygens (including phenoxy) is 4. The minimum Gasteiger partial charge on any atom is -0.493 e. The molecule has 1 amide bonds. The number of methoxy groups -OCH3 is 4. The summed E-state index contributed by atoms with van der Waals surface area (Å²) in [5, 5.41) is 0. The van der Waals surface area contributed by atoms with Gasteiger partial charge in [-0.15, -0.1) is 0 Å². The van der Waals surface area contributed by atoms with Gasteiger partial charge in [0.05, 0.1) is 21.3 Å². The lowest BCUT2D eigenvalue weighted by Gasteiger charge is -2.40. The van der Waals surface area contributed by atoms with E-state index in [4.69, 9.17) is 18.9 Å². The predicted molar refractivity (Wildman–Crippen MR) is 115 cm³/mol. The van der Waals surface area contributed by atoms with Crippen LogP contribution in [0.3, 0.4) is 0 Å². The number of rotatable bonds is 6. The van der Waals surface area contributed by atoms with Crippen molar-refractivity contribution in [1.82, 2.24) is 9.80 Å². The van der Waals surface area contributed by atoms with E-state index in [1.807, 2.05) is 4.90 Å². The smallest absolute Gasteiger partial charge is 0.254 e. The van der Waals surface area contributed by atoms with Gasteiger partial charge in [-0.2, -0.15) is 0 Å². The second kappa shape index (κ2) is 9.89. The molecule has 0 radical (unpaired) electrons. The Morgan fingerprint density at radius 2 is 1.60 bits per heavy atom. The van der Waals surface area contributed by atoms with E-state index in [0.717, 1.165) is 19.5 Å². The molecule has 0 spiro atoms. The van der Waals surface area contributed by atoms with Crippen LogP contribution in [0.2, 0.25) is 0 Å². The molecule has 1 saturated heterocycles. The molecule has 1 aromatic rings. The highest BCUT2D eigenvalue weighted by Gasteiger charge is 2.30. The summed E-state index contributed by atoms with van der Waals surface area (Å²) in [5.74, 6) is 1.72. The van der Waals surface area contributed by atoms with E-state index in [2.05, 4.69) is 30.1 Å². The number of hydrogen-bond acceptors (Lipinski definition) is 6. The van der Waals surface area contributed by atoms with E-state index in [1.165, 1.54) is 5.70 Å². The van der Waals surface area contributed by atoms with E-state index in [0.29, 0.717) is 41.8 Å². The van der Waals surface area contributed by atoms with Gasteiger partial charge in [0.25, 0.3) is 5.91 Å². The zero-order valence-electron chi connectivity index (χ0n) is 18.5. The van der Waals surface area contributed by atoms with Crippen LogP contribution in [0, 0.1) is 5.92 Å². The molecule has 2 aliphatic rings. The fourth-order valence-electron chi connectivity index (χ4n) is 4.17. The van der Waals surface area contributed by atoms with Gasteiger partial charge in [0, 0.05) is 50.5 Å². The molecule has 0 aromatic heterocycles. The summed E-state index contributed by atoms with van der Waals surface area (Å²) >= 11 is 0. The Morgan fingerprint density at radius 3 is 2.13 bits per heavy atom. The largest absolute Gasteiger partial charge is 0.493 e. The van der Waals surface area contributed by atoms with Gasteiger partial charge in [0.1, 0.15) is 6.10 Å². The van der Waals surface area contributed by atoms with Crippen LogP contribution in [0.15, 0.2) is 36.1 Å². The Morgan fingerprint density at radius 1 is 0.967 bits per heavy atom. The second-order valence-corrected chi connectivity index (χ2v) is 7.50. The number of benzene rings is 1. The van der Waals surface area contributed by atoms with Crippen molar-refractivity contribution < 1.29 is 23.7 Å². The van der Waals surface area contributed by atoms with Gasteiger partial charge in [-0.25, -0.2) is 0 Å². The summed E-state index contributed by atoms with van der Waals surface area (Å²) in [6.07, 6.45) is 7.59. The molecule has 0 bridgehead atoms. The Hall–Kier alpha value is -2.67. The van der Waals surface area contributed by atoms with Crippen molar-refractivity contribution >= 4 is 5.91 Å². The zero-order chi connectivity index (χ0) is 21.7. The number of piperazine rings is 1. The quantitative estimate of drug-likeness (QED) is 0.665. The first-order valence-electron chi connectivity index (χ1n) is 10.3. The molecule has 7 heteroatoms. The first kappa shape index (κ1) is 22.0. The minimum atomic E-state index is -0.0397. The van der Waals surface area contributed by atoms with Crippen molar-refractivity contribution in [2.45, 2.75) is 19.4 Å². The molecule has 0 saturated carbocycles. The topological polar surface area (TPSA) is 60.5 Å². The lowest BCUT2D eigenvalue weighted by molar-refractivity contribution is 0.0516. The molecule has 1 heterocycles. The summed E-state index contributed by atoms with van der Waals surface area (Å²) < 4.78 is 21.9. The maximum absolute atomic E-state index is 13.2. The van der Waals surface area contributed by atoms with Crippen molar-refractivity contribution in [3.05, 3.63) is 41.6 Å². The molecular formula is C23H32N2O5. The van der Waals surface area contributed by atoms with Crippen LogP contribution in [0.1, 0.15) is 23.7 Å². The van der Waals surface area contributed by atoms with Gasteiger partial charge in [0.15, 0.2) is 11.5 Å². The standard InChI is InChI=1S/C23H32N2O5/c1-16-8-6-7-9-18(21(16)29-4)24-10-12-25(13-11-24)23(26)17-14-19(27-2)22(30-5)20(15-17)28-3/h6,8-9,14-16,21H,7,10-13H2,1-5H3. The first-order chi connectivity index (χ1) is 14.5. The highest BCUT2D eigenvalue weighted by molar-refractivity contribution is 5.95. The third-order valence-corrected chi connectivity index (χ3v) is 5.77. The lowest BCUT2D eigenvalue weighted by atomic mass is 10.0. The molecule has 30 heavy (non-hydrogen) atoms. The molecule has 1 fully saturated rings. The highest BCUT2D eigenvalue weighted by Crippen LogP contribution is 2.38. The fourth-order valence-corrected chi connectivity index (χ4v) is 4.17. The highest BCUT2D eigenvalue weighted by atomic mass is 16.5. The number of hydrogen-bond donors (Lipinski definition) is 0. The van der Waals surface area contributed by atoms with E-state index in [9.17, 15) is 4.79 Å². The number of allylic oxidation sites excluding steroid dienone is 2. The summed E-state index contributed by atoms with van der Waals surface area (Å²) in [4.78, 5) is 17.4. The van der Waals surface area contributed by atoms with Gasteiger partial charge in [-0.05, 0) is 18.6 Å². The van der Waals surface area contributed by atoms with Crippen LogP contribution in [-0.4, -0.2) is 76.4 Å². The summed E-state index contributed by atoms with van der Waals surface area (Å²) in [6.45, 7) is 5.01. The van der Waals surface area contributed by atoms with Gasteiger partial charge < -0.3 is 28.7 Å². The van der Waals surface area contributed by atoms with Crippen LogP contribution >= 0.6 is 0 Å². The molecule has 7 nitrogen and oxygen atoms in total. The maximum atomic E-state index is 13.2. The van der Waals surface area contributed by atoms with Gasteiger partial charge in [-0.3, -0.25) is 4.79 Å². The van der Waals surface area contributed by atoms with Crippen LogP contribution in [0.25, 0.3) is 0 Å². The first-order valence-corrected chi connectivity index (χ1v) is 10.3. The normalized spacial score (nSPS) is 21.7. The average Bonchev–Trinajstić information content (AvgIpc) is 2.98. The number of carbonyl (C=O) groups is 1. The molecule has 3 rings (SSSR count). The van der Waals surface area contributed by atoms with Crippen molar-refractivity contribution in [3.63, 3.8) is 0 Å². The summed E-state index contributed by atoms with van der Waals surface area (Å²) in [7, 11) is 6.41. The third-order valence-electron chi connectivity index (χ3n) is 5.77. The molecule has 1 aliphatic heterocycles. The van der Waals surface area contributed by atoms with E-state index >= 15 is 0 Å². The van der Waals surface area contributed by atoms with Crippen LogP contribution < -0.4 is 14.2 Å². The Labute approximate surface area is 178 Å². The van der Waals surface area contributed by atoms with Crippen LogP contribution in [-0.2, 0) is 4.74 Å². The Kier molecular flexibility index (Phi) is 7.26. The van der Waals surface area contributed by atoms with Crippen LogP contribution in [0.4, 0.5) is 0 Å². The maximum Gasteiger partial charge on any atom is 0.254 e. The SMILES string of the molecule is COc1cc(C(=O)N2CCN(C3=CCC=CC(C)C3OC)CC2)cc(OC)c1OC. The van der Waals surface area contributed by atoms with Crippen molar-refractivity contribution in [2.75, 3.05) is 54.6 Å². The molecule has 164 valence electrons. The molecule has 1 aliphatic carbocycles. The Bertz CT molecular complexity index is 787. The molecule has 2 unspecified atom stereocenters. The van der Waals surface area contributed by atoms with Gasteiger partial charge >= 0.3 is 0 Å². The zero-order valence-corrected chi connectivity index (χ0v) is 18.5. The van der Waals surface area contributed by atoms with Crippen LogP contribution in [0.5, 0.6) is 17.2 Å². The van der Waals surface area contributed by atoms with Crippen molar-refractivity contribution in [2.24, 2.45) is 5.92 Å². The third kappa shape index (κ3) is 4.41. The van der Waals surface area contributed by atoms with E-state index < -0.39 is 0 Å². The molecule has 0 N–H and O–H groups in total.